The molecule has 3 N–H and O–H groups in total. The topological polar surface area (TPSA) is 195 Å². The molecule has 0 saturated heterocycles. The molecule has 0 aliphatic heterocycles. The third kappa shape index (κ3) is 8.34. The molecule has 0 unspecified atom stereocenters. The van der Waals surface area contributed by atoms with Gasteiger partial charge in [0.15, 0.2) is 0 Å². The second kappa shape index (κ2) is 13.2. The van der Waals surface area contributed by atoms with Gasteiger partial charge in [0.1, 0.15) is 5.69 Å². The largest absolute Gasteiger partial charge is 0.469 e. The van der Waals surface area contributed by atoms with Gasteiger partial charge in [-0.05, 0) is 24.3 Å². The minimum absolute atomic E-state index is 0.0402. The Morgan fingerprint density at radius 2 is 1.41 bits per heavy atom. The lowest BCUT2D eigenvalue weighted by Gasteiger charge is -2.25. The van der Waals surface area contributed by atoms with Crippen molar-refractivity contribution >= 4 is 52.0 Å². The number of nitro benzene ring substituents is 2. The number of ether oxygens (including phenoxy) is 2. The van der Waals surface area contributed by atoms with E-state index in [0.29, 0.717) is 11.4 Å². The number of hydrogen-bond donors (Lipinski definition) is 3. The first-order valence-electron chi connectivity index (χ1n) is 10.8. The summed E-state index contributed by atoms with van der Waals surface area (Å²) in [5.41, 5.74) is 5.52. The fourth-order valence-electron chi connectivity index (χ4n) is 3.18. The molecule has 37 heavy (non-hydrogen) atoms. The number of nitrogens with one attached hydrogen (secondary N) is 3. The molecular weight excluding hydrogens is 492 g/mol. The predicted molar refractivity (Wildman–Crippen MR) is 133 cm³/mol. The van der Waals surface area contributed by atoms with E-state index in [1.165, 1.54) is 27.2 Å². The summed E-state index contributed by atoms with van der Waals surface area (Å²) >= 11 is 0. The maximum absolute atomic E-state index is 11.8. The number of anilines is 4. The lowest BCUT2D eigenvalue weighted by Crippen LogP contribution is -2.29. The Balaban J connectivity index is 2.34. The van der Waals surface area contributed by atoms with Crippen LogP contribution in [0.5, 0.6) is 0 Å². The minimum Gasteiger partial charge on any atom is -0.469 e. The molecule has 0 bridgehead atoms. The number of hydrazine groups is 1. The maximum Gasteiger partial charge on any atom is 0.307 e. The highest BCUT2D eigenvalue weighted by Crippen LogP contribution is 2.32. The van der Waals surface area contributed by atoms with E-state index in [1.54, 1.807) is 23.1 Å². The van der Waals surface area contributed by atoms with E-state index in [4.69, 9.17) is 0 Å². The molecule has 0 spiro atoms. The van der Waals surface area contributed by atoms with Crippen molar-refractivity contribution < 1.29 is 33.7 Å². The van der Waals surface area contributed by atoms with Crippen LogP contribution in [0.15, 0.2) is 36.4 Å². The highest BCUT2D eigenvalue weighted by atomic mass is 16.6. The molecule has 0 radical (unpaired) electrons. The zero-order valence-electron chi connectivity index (χ0n) is 20.3. The maximum atomic E-state index is 11.8. The zero-order valence-corrected chi connectivity index (χ0v) is 20.3. The summed E-state index contributed by atoms with van der Waals surface area (Å²) in [5.74, 6) is -1.30. The average Bonchev–Trinajstić information content (AvgIpc) is 2.86. The predicted octanol–water partition coefficient (Wildman–Crippen LogP) is 2.83. The molecule has 0 heterocycles. The Hall–Kier alpha value is -4.95. The van der Waals surface area contributed by atoms with Gasteiger partial charge in [-0.25, -0.2) is 0 Å². The first kappa shape index (κ1) is 28.3. The smallest absolute Gasteiger partial charge is 0.307 e. The van der Waals surface area contributed by atoms with Crippen LogP contribution in [-0.2, 0) is 23.9 Å². The molecule has 2 aromatic rings. The molecule has 0 fully saturated rings. The molecule has 0 saturated carbocycles. The van der Waals surface area contributed by atoms with Crippen molar-refractivity contribution in [1.29, 1.82) is 0 Å². The van der Waals surface area contributed by atoms with Crippen molar-refractivity contribution in [3.05, 3.63) is 56.6 Å². The van der Waals surface area contributed by atoms with E-state index in [0.717, 1.165) is 12.1 Å². The van der Waals surface area contributed by atoms with E-state index in [9.17, 15) is 34.6 Å². The van der Waals surface area contributed by atoms with Crippen molar-refractivity contribution in [2.75, 3.05) is 48.4 Å². The molecule has 2 rings (SSSR count). The van der Waals surface area contributed by atoms with Gasteiger partial charge in [0.2, 0.25) is 5.91 Å². The molecule has 1 amide bonds. The standard InChI is InChI=1S/C22H26N6O9/c1-14(29)23-19-12-15(26(10-8-21(30)36-2)11-9-22(31)37-3)4-6-17(19)24-25-18-7-5-16(27(32)33)13-20(18)28(34)35/h4-7,12-13,24-25H,8-11H2,1-3H3,(H,23,29). The van der Waals surface area contributed by atoms with E-state index in [2.05, 4.69) is 25.6 Å². The number of nitrogens with zero attached hydrogens (tertiary/aromatic N) is 3. The summed E-state index contributed by atoms with van der Waals surface area (Å²) in [5, 5.41) is 25.0. The van der Waals surface area contributed by atoms with E-state index >= 15 is 0 Å². The summed E-state index contributed by atoms with van der Waals surface area (Å²) in [6, 6.07) is 7.90. The number of amides is 1. The highest BCUT2D eigenvalue weighted by Gasteiger charge is 2.20. The van der Waals surface area contributed by atoms with Crippen LogP contribution in [0.4, 0.5) is 34.1 Å². The van der Waals surface area contributed by atoms with Crippen LogP contribution >= 0.6 is 0 Å². The van der Waals surface area contributed by atoms with Gasteiger partial charge in [0.05, 0.1) is 54.3 Å². The summed E-state index contributed by atoms with van der Waals surface area (Å²) in [6.45, 7) is 1.71. The van der Waals surface area contributed by atoms with Crippen molar-refractivity contribution in [2.45, 2.75) is 19.8 Å². The Bertz CT molecular complexity index is 1170. The number of esters is 2. The number of hydrogen-bond acceptors (Lipinski definition) is 12. The van der Waals surface area contributed by atoms with Crippen molar-refractivity contribution in [3.63, 3.8) is 0 Å². The van der Waals surface area contributed by atoms with Crippen LogP contribution < -0.4 is 21.1 Å². The fraction of sp³-hybridized carbons (Fsp3) is 0.318. The van der Waals surface area contributed by atoms with E-state index in [-0.39, 0.29) is 37.3 Å². The van der Waals surface area contributed by atoms with Crippen LogP contribution in [0, 0.1) is 20.2 Å². The van der Waals surface area contributed by atoms with Crippen molar-refractivity contribution in [3.8, 4) is 0 Å². The van der Waals surface area contributed by atoms with Crippen molar-refractivity contribution in [2.24, 2.45) is 0 Å². The SMILES string of the molecule is COC(=O)CCN(CCC(=O)OC)c1ccc(NNc2ccc([N+](=O)[O-])cc2[N+](=O)[O-])c(NC(C)=O)c1. The Labute approximate surface area is 211 Å². The molecule has 0 aromatic heterocycles. The lowest BCUT2D eigenvalue weighted by atomic mass is 10.2. The summed E-state index contributed by atoms with van der Waals surface area (Å²) in [4.78, 5) is 57.7. The normalized spacial score (nSPS) is 10.1. The van der Waals surface area contributed by atoms with Crippen molar-refractivity contribution in [1.82, 2.24) is 0 Å². The van der Waals surface area contributed by atoms with E-state index in [1.807, 2.05) is 0 Å². The Morgan fingerprint density at radius 3 is 1.92 bits per heavy atom. The first-order valence-corrected chi connectivity index (χ1v) is 10.8. The van der Waals surface area contributed by atoms with Crippen LogP contribution in [0.2, 0.25) is 0 Å². The number of carbonyl (C=O) groups is 3. The second-order valence-electron chi connectivity index (χ2n) is 7.52. The van der Waals surface area contributed by atoms with Gasteiger partial charge >= 0.3 is 17.6 Å². The van der Waals surface area contributed by atoms with Gasteiger partial charge in [-0.15, -0.1) is 0 Å². The van der Waals surface area contributed by atoms with E-state index < -0.39 is 39.1 Å². The second-order valence-corrected chi connectivity index (χ2v) is 7.52. The number of non-ortho nitro benzene ring substituents is 1. The summed E-state index contributed by atoms with van der Waals surface area (Å²) in [7, 11) is 2.53. The number of benzene rings is 2. The van der Waals surface area contributed by atoms with Gasteiger partial charge < -0.3 is 19.7 Å². The molecule has 15 nitrogen and oxygen atoms in total. The monoisotopic (exact) mass is 518 g/mol. The first-order chi connectivity index (χ1) is 17.5. The molecule has 0 aliphatic rings. The Kier molecular flexibility index (Phi) is 10.1. The van der Waals surface area contributed by atoms with Crippen LogP contribution in [0.3, 0.4) is 0 Å². The quantitative estimate of drug-likeness (QED) is 0.199. The number of methoxy groups -OCH3 is 2. The molecule has 2 aromatic carbocycles. The van der Waals surface area contributed by atoms with Crippen LogP contribution in [-0.4, -0.2) is 55.0 Å². The zero-order chi connectivity index (χ0) is 27.5. The molecule has 198 valence electrons. The van der Waals surface area contributed by atoms with Gasteiger partial charge in [0.25, 0.3) is 5.69 Å². The summed E-state index contributed by atoms with van der Waals surface area (Å²) < 4.78 is 9.36. The number of carbonyl (C=O) groups excluding carboxylic acids is 3. The van der Waals surface area contributed by atoms with Gasteiger partial charge in [-0.2, -0.15) is 0 Å². The highest BCUT2D eigenvalue weighted by molar-refractivity contribution is 5.94. The van der Waals surface area contributed by atoms with Gasteiger partial charge in [-0.3, -0.25) is 45.5 Å². The van der Waals surface area contributed by atoms with Gasteiger partial charge in [0, 0.05) is 31.8 Å². The minimum atomic E-state index is -0.769. The molecular formula is C22H26N6O9. The molecule has 0 atom stereocenters. The summed E-state index contributed by atoms with van der Waals surface area (Å²) in [6.07, 6.45) is 0.0804. The van der Waals surface area contributed by atoms with Gasteiger partial charge in [-0.1, -0.05) is 0 Å². The molecule has 0 aliphatic carbocycles. The number of rotatable bonds is 13. The third-order valence-electron chi connectivity index (χ3n) is 5.03. The third-order valence-corrected chi connectivity index (χ3v) is 5.03. The van der Waals surface area contributed by atoms with Crippen LogP contribution in [0.1, 0.15) is 19.8 Å². The van der Waals surface area contributed by atoms with Crippen LogP contribution in [0.25, 0.3) is 0 Å². The number of nitro groups is 2. The average molecular weight is 518 g/mol. The Morgan fingerprint density at radius 1 is 0.838 bits per heavy atom. The lowest BCUT2D eigenvalue weighted by molar-refractivity contribution is -0.393. The molecule has 15 heteroatoms. The fourth-order valence-corrected chi connectivity index (χ4v) is 3.18.